The Morgan fingerprint density at radius 2 is 2.04 bits per heavy atom. The van der Waals surface area contributed by atoms with Gasteiger partial charge in [-0.2, -0.15) is 10.1 Å². The molecule has 23 heavy (non-hydrogen) atoms. The maximum atomic E-state index is 6.01. The molecule has 0 bridgehead atoms. The van der Waals surface area contributed by atoms with E-state index in [-0.39, 0.29) is 0 Å². The van der Waals surface area contributed by atoms with Gasteiger partial charge in [0.25, 0.3) is 0 Å². The Labute approximate surface area is 134 Å². The van der Waals surface area contributed by atoms with Crippen LogP contribution in [0.15, 0.2) is 24.3 Å². The van der Waals surface area contributed by atoms with Crippen molar-refractivity contribution in [3.63, 3.8) is 0 Å². The third-order valence-corrected chi connectivity index (χ3v) is 3.76. The molecule has 0 saturated carbocycles. The van der Waals surface area contributed by atoms with Gasteiger partial charge in [-0.05, 0) is 18.6 Å². The largest absolute Gasteiger partial charge is 0.481 e. The molecule has 120 valence electrons. The number of nitrogen functional groups attached to an aromatic ring is 1. The van der Waals surface area contributed by atoms with Crippen LogP contribution in [0.3, 0.4) is 0 Å². The van der Waals surface area contributed by atoms with Gasteiger partial charge in [-0.25, -0.2) is 9.67 Å². The zero-order valence-electron chi connectivity index (χ0n) is 13.5. The molecular weight excluding hydrogens is 292 g/mol. The van der Waals surface area contributed by atoms with E-state index < -0.39 is 0 Å². The molecule has 0 fully saturated rings. The average Bonchev–Trinajstić information content (AvgIpc) is 2.87. The second-order valence-electron chi connectivity index (χ2n) is 5.21. The number of hydrogen-bond donors (Lipinski definition) is 2. The molecule has 0 saturated heterocycles. The predicted octanol–water partition coefficient (Wildman–Crippen LogP) is 2.13. The molecule has 0 atom stereocenters. The van der Waals surface area contributed by atoms with Crippen LogP contribution in [0.4, 0.5) is 11.8 Å². The lowest BCUT2D eigenvalue weighted by atomic mass is 10.2. The number of ether oxygens (including phenoxy) is 1. The number of methoxy groups -OCH3 is 1. The number of nitrogens with one attached hydrogen (secondary N) is 1. The van der Waals surface area contributed by atoms with E-state index in [1.807, 2.05) is 31.3 Å². The van der Waals surface area contributed by atoms with Crippen LogP contribution in [0, 0.1) is 0 Å². The molecule has 0 aliphatic rings. The molecule has 7 nitrogen and oxygen atoms in total. The van der Waals surface area contributed by atoms with E-state index in [0.717, 1.165) is 34.5 Å². The third kappa shape index (κ3) is 2.77. The van der Waals surface area contributed by atoms with E-state index in [1.165, 1.54) is 0 Å². The molecule has 3 aromatic rings. The number of nitrogens with zero attached hydrogens (tertiary/aromatic N) is 4. The molecular formula is C16H20N6O. The van der Waals surface area contributed by atoms with E-state index in [0.29, 0.717) is 18.3 Å². The Balaban J connectivity index is 1.89. The summed E-state index contributed by atoms with van der Waals surface area (Å²) in [5, 5.41) is 8.54. The fourth-order valence-electron chi connectivity index (χ4n) is 2.67. The summed E-state index contributed by atoms with van der Waals surface area (Å²) in [6, 6.07) is 7.68. The summed E-state index contributed by atoms with van der Waals surface area (Å²) in [4.78, 5) is 8.82. The van der Waals surface area contributed by atoms with Crippen molar-refractivity contribution in [2.24, 2.45) is 7.05 Å². The van der Waals surface area contributed by atoms with Crippen molar-refractivity contribution in [2.75, 3.05) is 18.2 Å². The zero-order valence-corrected chi connectivity index (χ0v) is 13.5. The third-order valence-electron chi connectivity index (χ3n) is 3.76. The van der Waals surface area contributed by atoms with Crippen LogP contribution in [0.5, 0.6) is 5.88 Å². The number of nitrogens with two attached hydrogens (primary N) is 1. The van der Waals surface area contributed by atoms with Crippen LogP contribution in [-0.4, -0.2) is 26.9 Å². The SMILES string of the molecule is CCc1nn(C)c(OC)c1CNc1nc(N)c2ccccc2n1. The molecule has 0 unspecified atom stereocenters. The highest BCUT2D eigenvalue weighted by Gasteiger charge is 2.16. The number of para-hydroxylation sites is 1. The molecule has 0 radical (unpaired) electrons. The number of aromatic nitrogens is 4. The van der Waals surface area contributed by atoms with Crippen molar-refractivity contribution in [3.8, 4) is 5.88 Å². The van der Waals surface area contributed by atoms with Crippen molar-refractivity contribution in [1.82, 2.24) is 19.7 Å². The Kier molecular flexibility index (Phi) is 4.01. The molecule has 3 N–H and O–H groups in total. The van der Waals surface area contributed by atoms with Crippen molar-refractivity contribution in [3.05, 3.63) is 35.5 Å². The first-order valence-electron chi connectivity index (χ1n) is 7.49. The van der Waals surface area contributed by atoms with Gasteiger partial charge >= 0.3 is 0 Å². The number of rotatable bonds is 5. The van der Waals surface area contributed by atoms with Gasteiger partial charge in [0.15, 0.2) is 0 Å². The average molecular weight is 312 g/mol. The summed E-state index contributed by atoms with van der Waals surface area (Å²) in [5.41, 5.74) is 8.82. The first-order chi connectivity index (χ1) is 11.1. The number of hydrogen-bond acceptors (Lipinski definition) is 6. The molecule has 2 heterocycles. The number of anilines is 2. The van der Waals surface area contributed by atoms with Gasteiger partial charge in [0.05, 0.1) is 30.4 Å². The van der Waals surface area contributed by atoms with Gasteiger partial charge in [-0.3, -0.25) is 0 Å². The topological polar surface area (TPSA) is 90.9 Å². The van der Waals surface area contributed by atoms with Gasteiger partial charge in [0.2, 0.25) is 11.8 Å². The van der Waals surface area contributed by atoms with Crippen LogP contribution < -0.4 is 15.8 Å². The summed E-state index contributed by atoms with van der Waals surface area (Å²) in [7, 11) is 3.51. The van der Waals surface area contributed by atoms with Crippen LogP contribution in [0.25, 0.3) is 10.9 Å². The van der Waals surface area contributed by atoms with Gasteiger partial charge in [0, 0.05) is 12.4 Å². The Hall–Kier alpha value is -2.83. The van der Waals surface area contributed by atoms with Crippen molar-refractivity contribution >= 4 is 22.7 Å². The lowest BCUT2D eigenvalue weighted by Gasteiger charge is -2.09. The van der Waals surface area contributed by atoms with Crippen LogP contribution in [0.2, 0.25) is 0 Å². The molecule has 0 amide bonds. The van der Waals surface area contributed by atoms with Crippen LogP contribution in [0.1, 0.15) is 18.2 Å². The first-order valence-corrected chi connectivity index (χ1v) is 7.49. The molecule has 0 aliphatic heterocycles. The predicted molar refractivity (Wildman–Crippen MR) is 90.4 cm³/mol. The number of aryl methyl sites for hydroxylation is 2. The summed E-state index contributed by atoms with van der Waals surface area (Å²) in [6.45, 7) is 2.59. The fourth-order valence-corrected chi connectivity index (χ4v) is 2.67. The van der Waals surface area contributed by atoms with E-state index in [1.54, 1.807) is 11.8 Å². The quantitative estimate of drug-likeness (QED) is 0.750. The molecule has 7 heteroatoms. The highest BCUT2D eigenvalue weighted by Crippen LogP contribution is 2.24. The maximum absolute atomic E-state index is 6.01. The molecule has 0 aliphatic carbocycles. The smallest absolute Gasteiger partial charge is 0.225 e. The van der Waals surface area contributed by atoms with Gasteiger partial charge < -0.3 is 15.8 Å². The zero-order chi connectivity index (χ0) is 16.4. The second kappa shape index (κ2) is 6.12. The Morgan fingerprint density at radius 1 is 1.26 bits per heavy atom. The van der Waals surface area contributed by atoms with Gasteiger partial charge in [-0.15, -0.1) is 0 Å². The van der Waals surface area contributed by atoms with Crippen LogP contribution >= 0.6 is 0 Å². The van der Waals surface area contributed by atoms with Crippen molar-refractivity contribution in [1.29, 1.82) is 0 Å². The van der Waals surface area contributed by atoms with Crippen LogP contribution in [-0.2, 0) is 20.0 Å². The minimum Gasteiger partial charge on any atom is -0.481 e. The molecule has 0 spiro atoms. The minimum absolute atomic E-state index is 0.465. The van der Waals surface area contributed by atoms with Gasteiger partial charge in [-0.1, -0.05) is 19.1 Å². The van der Waals surface area contributed by atoms with E-state index >= 15 is 0 Å². The highest BCUT2D eigenvalue weighted by molar-refractivity contribution is 5.88. The Bertz CT molecular complexity index is 842. The molecule has 1 aromatic carbocycles. The summed E-state index contributed by atoms with van der Waals surface area (Å²) >= 11 is 0. The van der Waals surface area contributed by atoms with E-state index in [4.69, 9.17) is 10.5 Å². The second-order valence-corrected chi connectivity index (χ2v) is 5.21. The standard InChI is InChI=1S/C16H20N6O/c1-4-12-11(15(23-3)22(2)21-12)9-18-16-19-13-8-6-5-7-10(13)14(17)20-16/h5-8H,4,9H2,1-3H3,(H3,17,18,19,20). The summed E-state index contributed by atoms with van der Waals surface area (Å²) < 4.78 is 7.18. The maximum Gasteiger partial charge on any atom is 0.225 e. The lowest BCUT2D eigenvalue weighted by molar-refractivity contribution is 0.369. The van der Waals surface area contributed by atoms with Gasteiger partial charge in [0.1, 0.15) is 5.82 Å². The number of benzene rings is 1. The van der Waals surface area contributed by atoms with E-state index in [9.17, 15) is 0 Å². The summed E-state index contributed by atoms with van der Waals surface area (Å²) in [5.74, 6) is 1.70. The van der Waals surface area contributed by atoms with Crippen molar-refractivity contribution in [2.45, 2.75) is 19.9 Å². The normalized spacial score (nSPS) is 10.9. The number of fused-ring (bicyclic) bond motifs is 1. The monoisotopic (exact) mass is 312 g/mol. The summed E-state index contributed by atoms with van der Waals surface area (Å²) in [6.07, 6.45) is 0.828. The van der Waals surface area contributed by atoms with E-state index in [2.05, 4.69) is 27.3 Å². The van der Waals surface area contributed by atoms with Crippen molar-refractivity contribution < 1.29 is 4.74 Å². The minimum atomic E-state index is 0.465. The fraction of sp³-hybridized carbons (Fsp3) is 0.312. The first kappa shape index (κ1) is 15.1. The molecule has 3 rings (SSSR count). The Morgan fingerprint density at radius 3 is 2.78 bits per heavy atom. The highest BCUT2D eigenvalue weighted by atomic mass is 16.5. The lowest BCUT2D eigenvalue weighted by Crippen LogP contribution is -2.08. The molecule has 2 aromatic heterocycles.